The lowest BCUT2D eigenvalue weighted by atomic mass is 9.92. The third-order valence-corrected chi connectivity index (χ3v) is 4.76. The summed E-state index contributed by atoms with van der Waals surface area (Å²) in [5.74, 6) is 0.124. The van der Waals surface area contributed by atoms with E-state index in [-0.39, 0.29) is 5.78 Å². The van der Waals surface area contributed by atoms with Crippen LogP contribution in [0.5, 0.6) is 0 Å². The number of hydrogen-bond donors (Lipinski definition) is 0. The van der Waals surface area contributed by atoms with E-state index in [9.17, 15) is 4.79 Å². The van der Waals surface area contributed by atoms with Gasteiger partial charge < -0.3 is 4.90 Å². The molecule has 0 aromatic heterocycles. The Bertz CT molecular complexity index is 919. The van der Waals surface area contributed by atoms with Crippen molar-refractivity contribution >= 4 is 17.6 Å². The molecule has 2 heteroatoms. The normalized spacial score (nSPS) is 22.1. The van der Waals surface area contributed by atoms with E-state index in [1.54, 1.807) is 0 Å². The lowest BCUT2D eigenvalue weighted by molar-refractivity contribution is -0.119. The topological polar surface area (TPSA) is 20.3 Å². The monoisotopic (exact) mass is 325 g/mol. The molecule has 4 rings (SSSR count). The number of nitrogens with zero attached hydrogens (tertiary/aromatic N) is 1. The molecule has 0 aliphatic carbocycles. The molecular weight excluding hydrogens is 306 g/mol. The van der Waals surface area contributed by atoms with Gasteiger partial charge in [-0.05, 0) is 30.2 Å². The Hall–Kier alpha value is -3.13. The third-order valence-electron chi connectivity index (χ3n) is 4.76. The maximum atomic E-state index is 13.2. The fourth-order valence-corrected chi connectivity index (χ4v) is 3.40. The molecule has 2 nitrogen and oxygen atoms in total. The standard InChI is InChI=1S/C23H19NO/c1-23-16-8-9-17-24(23)21(19-12-6-3-7-13-19)20(22(23)25)15-14-18-10-4-2-5-11-18/h2-17H,1H3/b15-14+. The van der Waals surface area contributed by atoms with Gasteiger partial charge in [-0.25, -0.2) is 0 Å². The number of Topliss-reactive ketones (excluding diaryl/α,β-unsaturated/α-hetero) is 1. The number of carbonyl (C=O) groups excluding carboxylic acids is 1. The minimum absolute atomic E-state index is 0.124. The van der Waals surface area contributed by atoms with E-state index in [1.807, 2.05) is 92.0 Å². The van der Waals surface area contributed by atoms with E-state index in [1.165, 1.54) is 0 Å². The van der Waals surface area contributed by atoms with Crippen LogP contribution in [0, 0.1) is 0 Å². The summed E-state index contributed by atoms with van der Waals surface area (Å²) in [6, 6.07) is 20.2. The molecule has 2 aromatic carbocycles. The van der Waals surface area contributed by atoms with Gasteiger partial charge in [0.1, 0.15) is 5.54 Å². The quantitative estimate of drug-likeness (QED) is 0.805. The summed E-state index contributed by atoms with van der Waals surface area (Å²) in [6.07, 6.45) is 11.8. The summed E-state index contributed by atoms with van der Waals surface area (Å²) >= 11 is 0. The number of benzene rings is 2. The lowest BCUT2D eigenvalue weighted by Gasteiger charge is -2.34. The summed E-state index contributed by atoms with van der Waals surface area (Å²) in [4.78, 5) is 15.3. The first kappa shape index (κ1) is 15.4. The number of hydrogen-bond acceptors (Lipinski definition) is 2. The van der Waals surface area contributed by atoms with Crippen molar-refractivity contribution in [2.24, 2.45) is 0 Å². The van der Waals surface area contributed by atoms with Crippen LogP contribution >= 0.6 is 0 Å². The first-order valence-corrected chi connectivity index (χ1v) is 8.43. The molecule has 2 aliphatic heterocycles. The van der Waals surface area contributed by atoms with Gasteiger partial charge in [0.2, 0.25) is 0 Å². The highest BCUT2D eigenvalue weighted by Gasteiger charge is 2.46. The van der Waals surface area contributed by atoms with Crippen molar-refractivity contribution in [3.05, 3.63) is 108 Å². The highest BCUT2D eigenvalue weighted by atomic mass is 16.1. The highest BCUT2D eigenvalue weighted by molar-refractivity contribution is 6.16. The first-order valence-electron chi connectivity index (χ1n) is 8.43. The van der Waals surface area contributed by atoms with Crippen LogP contribution in [-0.4, -0.2) is 16.2 Å². The van der Waals surface area contributed by atoms with E-state index >= 15 is 0 Å². The molecule has 0 saturated heterocycles. The average molecular weight is 325 g/mol. The molecule has 0 saturated carbocycles. The van der Waals surface area contributed by atoms with Crippen LogP contribution in [0.4, 0.5) is 0 Å². The van der Waals surface area contributed by atoms with Crippen LogP contribution in [-0.2, 0) is 4.79 Å². The minimum Gasteiger partial charge on any atom is -0.330 e. The lowest BCUT2D eigenvalue weighted by Crippen LogP contribution is -2.43. The SMILES string of the molecule is CC12C=CC=CN1C(c1ccccc1)=C(/C=C/c1ccccc1)C2=O. The van der Waals surface area contributed by atoms with Gasteiger partial charge in [0.25, 0.3) is 0 Å². The van der Waals surface area contributed by atoms with Gasteiger partial charge in [-0.2, -0.15) is 0 Å². The molecule has 2 aromatic rings. The van der Waals surface area contributed by atoms with Crippen LogP contribution in [0.25, 0.3) is 11.8 Å². The number of fused-ring (bicyclic) bond motifs is 1. The molecule has 1 atom stereocenters. The average Bonchev–Trinajstić information content (AvgIpc) is 2.89. The Morgan fingerprint density at radius 2 is 1.56 bits per heavy atom. The molecule has 0 N–H and O–H groups in total. The van der Waals surface area contributed by atoms with Gasteiger partial charge in [-0.1, -0.05) is 78.9 Å². The van der Waals surface area contributed by atoms with Crippen molar-refractivity contribution in [3.8, 4) is 0 Å². The van der Waals surface area contributed by atoms with Crippen molar-refractivity contribution in [1.82, 2.24) is 4.90 Å². The molecule has 1 unspecified atom stereocenters. The summed E-state index contributed by atoms with van der Waals surface area (Å²) < 4.78 is 0. The Morgan fingerprint density at radius 1 is 0.880 bits per heavy atom. The maximum Gasteiger partial charge on any atom is 0.194 e. The number of allylic oxidation sites excluding steroid dienone is 3. The largest absolute Gasteiger partial charge is 0.330 e. The molecular formula is C23H19NO. The van der Waals surface area contributed by atoms with Crippen molar-refractivity contribution < 1.29 is 4.79 Å². The highest BCUT2D eigenvalue weighted by Crippen LogP contribution is 2.42. The van der Waals surface area contributed by atoms with E-state index < -0.39 is 5.54 Å². The van der Waals surface area contributed by atoms with E-state index in [0.717, 1.165) is 22.4 Å². The van der Waals surface area contributed by atoms with Crippen LogP contribution in [0.3, 0.4) is 0 Å². The summed E-state index contributed by atoms with van der Waals surface area (Å²) in [5.41, 5.74) is 3.18. The number of rotatable bonds is 3. The van der Waals surface area contributed by atoms with Crippen LogP contribution in [0.2, 0.25) is 0 Å². The third kappa shape index (κ3) is 2.56. The van der Waals surface area contributed by atoms with Gasteiger partial charge in [0, 0.05) is 11.8 Å². The Labute approximate surface area is 148 Å². The second-order valence-corrected chi connectivity index (χ2v) is 6.42. The first-order chi connectivity index (χ1) is 12.2. The minimum atomic E-state index is -0.656. The van der Waals surface area contributed by atoms with E-state index in [4.69, 9.17) is 0 Å². The zero-order valence-electron chi connectivity index (χ0n) is 14.1. The predicted octanol–water partition coefficient (Wildman–Crippen LogP) is 4.84. The Morgan fingerprint density at radius 3 is 2.28 bits per heavy atom. The number of ketones is 1. The fraction of sp³-hybridized carbons (Fsp3) is 0.0870. The molecule has 25 heavy (non-hydrogen) atoms. The molecule has 2 heterocycles. The van der Waals surface area contributed by atoms with Crippen LogP contribution < -0.4 is 0 Å². The molecule has 0 amide bonds. The molecule has 0 radical (unpaired) electrons. The van der Waals surface area contributed by atoms with E-state index in [0.29, 0.717) is 0 Å². The zero-order chi connectivity index (χ0) is 17.3. The second kappa shape index (κ2) is 6.06. The Kier molecular flexibility index (Phi) is 3.73. The van der Waals surface area contributed by atoms with Crippen molar-refractivity contribution in [2.45, 2.75) is 12.5 Å². The van der Waals surface area contributed by atoms with E-state index in [2.05, 4.69) is 17.0 Å². The molecule has 0 bridgehead atoms. The van der Waals surface area contributed by atoms with Gasteiger partial charge in [0.15, 0.2) is 5.78 Å². The number of carbonyl (C=O) groups is 1. The smallest absolute Gasteiger partial charge is 0.194 e. The molecule has 0 spiro atoms. The van der Waals surface area contributed by atoms with Crippen molar-refractivity contribution in [1.29, 1.82) is 0 Å². The molecule has 122 valence electrons. The molecule has 0 fully saturated rings. The summed E-state index contributed by atoms with van der Waals surface area (Å²) in [7, 11) is 0. The van der Waals surface area contributed by atoms with Gasteiger partial charge in [0.05, 0.1) is 5.70 Å². The summed E-state index contributed by atoms with van der Waals surface area (Å²) in [6.45, 7) is 1.97. The van der Waals surface area contributed by atoms with Crippen LogP contribution in [0.15, 0.2) is 96.7 Å². The van der Waals surface area contributed by atoms with Gasteiger partial charge in [-0.3, -0.25) is 4.79 Å². The molecule has 2 aliphatic rings. The fourth-order valence-electron chi connectivity index (χ4n) is 3.40. The van der Waals surface area contributed by atoms with Gasteiger partial charge >= 0.3 is 0 Å². The zero-order valence-corrected chi connectivity index (χ0v) is 14.1. The summed E-state index contributed by atoms with van der Waals surface area (Å²) in [5, 5.41) is 0. The predicted molar refractivity (Wildman–Crippen MR) is 102 cm³/mol. The van der Waals surface area contributed by atoms with Gasteiger partial charge in [-0.15, -0.1) is 0 Å². The Balaban J connectivity index is 1.86. The maximum absolute atomic E-state index is 13.2. The van der Waals surface area contributed by atoms with Crippen LogP contribution in [0.1, 0.15) is 18.1 Å². The second-order valence-electron chi connectivity index (χ2n) is 6.42. The van der Waals surface area contributed by atoms with Crippen molar-refractivity contribution in [2.75, 3.05) is 0 Å². The van der Waals surface area contributed by atoms with Crippen molar-refractivity contribution in [3.63, 3.8) is 0 Å².